The summed E-state index contributed by atoms with van der Waals surface area (Å²) in [6, 6.07) is 4.77. The van der Waals surface area contributed by atoms with Crippen molar-refractivity contribution < 1.29 is 9.07 Å². The Hall–Kier alpha value is -1.89. The summed E-state index contributed by atoms with van der Waals surface area (Å²) >= 11 is 0. The van der Waals surface area contributed by atoms with Gasteiger partial charge in [-0.3, -0.25) is 0 Å². The topological polar surface area (TPSA) is 43.5 Å². The molecule has 1 N–H and O–H groups in total. The molecular formula is C9H7FN3+. The van der Waals surface area contributed by atoms with Gasteiger partial charge in [-0.1, -0.05) is 0 Å². The van der Waals surface area contributed by atoms with Crippen molar-refractivity contribution in [3.8, 4) is 6.07 Å². The number of aromatic nitrogens is 2. The first-order chi connectivity index (χ1) is 6.22. The molecule has 0 aliphatic carbocycles. The quantitative estimate of drug-likeness (QED) is 0.598. The molecule has 0 aliphatic rings. The summed E-state index contributed by atoms with van der Waals surface area (Å²) in [5.41, 5.74) is 0.614. The second-order valence-corrected chi connectivity index (χ2v) is 2.85. The van der Waals surface area contributed by atoms with E-state index in [1.54, 1.807) is 24.0 Å². The zero-order valence-corrected chi connectivity index (χ0v) is 7.00. The molecule has 13 heavy (non-hydrogen) atoms. The molecule has 0 aliphatic heterocycles. The van der Waals surface area contributed by atoms with Crippen molar-refractivity contribution in [3.63, 3.8) is 0 Å². The highest BCUT2D eigenvalue weighted by Crippen LogP contribution is 2.17. The van der Waals surface area contributed by atoms with Crippen LogP contribution in [-0.4, -0.2) is 5.10 Å². The third-order valence-corrected chi connectivity index (χ3v) is 1.92. The van der Waals surface area contributed by atoms with Crippen LogP contribution in [0.2, 0.25) is 0 Å². The SMILES string of the molecule is C[n+]1cc2ccc(F)c(C#N)c2[nH]1. The Bertz CT molecular complexity index is 507. The lowest BCUT2D eigenvalue weighted by Gasteiger charge is -1.90. The second-order valence-electron chi connectivity index (χ2n) is 2.85. The van der Waals surface area contributed by atoms with Crippen molar-refractivity contribution in [3.05, 3.63) is 29.7 Å². The Balaban J connectivity index is 2.93. The molecule has 0 saturated heterocycles. The van der Waals surface area contributed by atoms with E-state index in [-0.39, 0.29) is 5.56 Å². The van der Waals surface area contributed by atoms with Crippen LogP contribution in [0.3, 0.4) is 0 Å². The molecule has 2 aromatic rings. The lowest BCUT2D eigenvalue weighted by Crippen LogP contribution is -2.28. The van der Waals surface area contributed by atoms with Crippen LogP contribution >= 0.6 is 0 Å². The molecule has 3 nitrogen and oxygen atoms in total. The number of hydrogen-bond acceptors (Lipinski definition) is 1. The van der Waals surface area contributed by atoms with Crippen LogP contribution in [-0.2, 0) is 7.05 Å². The molecule has 4 heteroatoms. The Labute approximate surface area is 74.0 Å². The van der Waals surface area contributed by atoms with Crippen molar-refractivity contribution in [2.45, 2.75) is 0 Å². The fourth-order valence-electron chi connectivity index (χ4n) is 1.35. The number of rotatable bonds is 0. The Morgan fingerprint density at radius 1 is 1.54 bits per heavy atom. The average molecular weight is 176 g/mol. The number of aromatic amines is 1. The minimum Gasteiger partial charge on any atom is -0.205 e. The molecule has 1 aromatic carbocycles. The van der Waals surface area contributed by atoms with Gasteiger partial charge in [0.1, 0.15) is 23.0 Å². The molecule has 64 valence electrons. The fraction of sp³-hybridized carbons (Fsp3) is 0.111. The average Bonchev–Trinajstić information content (AvgIpc) is 2.45. The predicted octanol–water partition coefficient (Wildman–Crippen LogP) is 1.00. The van der Waals surface area contributed by atoms with E-state index in [1.807, 2.05) is 6.07 Å². The largest absolute Gasteiger partial charge is 0.205 e. The van der Waals surface area contributed by atoms with E-state index in [4.69, 9.17) is 5.26 Å². The van der Waals surface area contributed by atoms with Crippen molar-refractivity contribution >= 4 is 10.9 Å². The van der Waals surface area contributed by atoms with Gasteiger partial charge in [-0.15, -0.1) is 4.68 Å². The van der Waals surface area contributed by atoms with Crippen LogP contribution in [0.1, 0.15) is 5.56 Å². The van der Waals surface area contributed by atoms with Gasteiger partial charge in [0.2, 0.25) is 6.20 Å². The third kappa shape index (κ3) is 1.05. The highest BCUT2D eigenvalue weighted by molar-refractivity contribution is 5.82. The van der Waals surface area contributed by atoms with E-state index in [0.29, 0.717) is 5.52 Å². The number of nitrogens with zero attached hydrogens (tertiary/aromatic N) is 2. The van der Waals surface area contributed by atoms with Crippen molar-refractivity contribution in [1.29, 1.82) is 5.26 Å². The summed E-state index contributed by atoms with van der Waals surface area (Å²) in [6.45, 7) is 0. The summed E-state index contributed by atoms with van der Waals surface area (Å²) in [5, 5.41) is 12.4. The molecule has 0 bridgehead atoms. The van der Waals surface area contributed by atoms with Gasteiger partial charge < -0.3 is 0 Å². The van der Waals surface area contributed by atoms with E-state index in [9.17, 15) is 4.39 Å². The smallest absolute Gasteiger partial charge is 0.203 e. The van der Waals surface area contributed by atoms with Gasteiger partial charge in [-0.25, -0.2) is 4.39 Å². The molecule has 0 fully saturated rings. The van der Waals surface area contributed by atoms with Crippen LogP contribution in [0.5, 0.6) is 0 Å². The molecule has 0 unspecified atom stereocenters. The highest BCUT2D eigenvalue weighted by Gasteiger charge is 2.12. The number of hydrogen-bond donors (Lipinski definition) is 1. The standard InChI is InChI=1S/C9H6FN3/c1-13-5-6-2-3-8(10)7(4-11)9(6)12-13/h2-3,5H,1H3/p+1. The maximum Gasteiger partial charge on any atom is 0.203 e. The number of halogens is 1. The van der Waals surface area contributed by atoms with Gasteiger partial charge in [0.25, 0.3) is 0 Å². The van der Waals surface area contributed by atoms with Crippen LogP contribution in [0.4, 0.5) is 4.39 Å². The highest BCUT2D eigenvalue weighted by atomic mass is 19.1. The van der Waals surface area contributed by atoms with Gasteiger partial charge in [0, 0.05) is 0 Å². The number of aryl methyl sites for hydroxylation is 1. The molecule has 0 saturated carbocycles. The summed E-state index contributed by atoms with van der Waals surface area (Å²) < 4.78 is 14.8. The minimum absolute atomic E-state index is 0.0677. The van der Waals surface area contributed by atoms with E-state index in [2.05, 4.69) is 5.10 Å². The first kappa shape index (κ1) is 7.74. The Morgan fingerprint density at radius 3 is 3.00 bits per heavy atom. The molecule has 0 radical (unpaired) electrons. The molecular weight excluding hydrogens is 169 g/mol. The number of nitrogens with one attached hydrogen (secondary N) is 1. The van der Waals surface area contributed by atoms with Gasteiger partial charge in [-0.05, 0) is 12.1 Å². The monoisotopic (exact) mass is 176 g/mol. The third-order valence-electron chi connectivity index (χ3n) is 1.92. The van der Waals surface area contributed by atoms with Crippen molar-refractivity contribution in [1.82, 2.24) is 5.10 Å². The Kier molecular flexibility index (Phi) is 1.52. The molecule has 0 amide bonds. The summed E-state index contributed by atoms with van der Waals surface area (Å²) in [5.74, 6) is -0.488. The first-order valence-corrected chi connectivity index (χ1v) is 3.79. The number of benzene rings is 1. The lowest BCUT2D eigenvalue weighted by atomic mass is 10.1. The zero-order valence-electron chi connectivity index (χ0n) is 7.00. The molecule has 1 aromatic heterocycles. The lowest BCUT2D eigenvalue weighted by molar-refractivity contribution is -0.724. The van der Waals surface area contributed by atoms with Crippen molar-refractivity contribution in [2.24, 2.45) is 7.05 Å². The first-order valence-electron chi connectivity index (χ1n) is 3.79. The maximum atomic E-state index is 13.1. The molecule has 0 spiro atoms. The zero-order chi connectivity index (χ0) is 9.42. The van der Waals surface area contributed by atoms with Crippen LogP contribution in [0, 0.1) is 17.1 Å². The van der Waals surface area contributed by atoms with E-state index >= 15 is 0 Å². The van der Waals surface area contributed by atoms with Crippen LogP contribution < -0.4 is 4.68 Å². The van der Waals surface area contributed by atoms with E-state index in [0.717, 1.165) is 5.39 Å². The summed E-state index contributed by atoms with van der Waals surface area (Å²) in [4.78, 5) is 0. The van der Waals surface area contributed by atoms with E-state index < -0.39 is 5.82 Å². The normalized spacial score (nSPS) is 10.2. The minimum atomic E-state index is -0.488. The van der Waals surface area contributed by atoms with Gasteiger partial charge in [0.15, 0.2) is 7.05 Å². The van der Waals surface area contributed by atoms with E-state index in [1.165, 1.54) is 6.07 Å². The Morgan fingerprint density at radius 2 is 2.31 bits per heavy atom. The van der Waals surface area contributed by atoms with Crippen LogP contribution in [0.15, 0.2) is 18.3 Å². The summed E-state index contributed by atoms with van der Waals surface area (Å²) in [7, 11) is 1.79. The van der Waals surface area contributed by atoms with Crippen LogP contribution in [0.25, 0.3) is 10.9 Å². The van der Waals surface area contributed by atoms with Gasteiger partial charge in [0.05, 0.1) is 5.39 Å². The molecule has 2 rings (SSSR count). The summed E-state index contributed by atoms with van der Waals surface area (Å²) in [6.07, 6.45) is 1.80. The second kappa shape index (κ2) is 2.56. The number of H-pyrrole nitrogens is 1. The number of nitriles is 1. The van der Waals surface area contributed by atoms with Crippen molar-refractivity contribution in [2.75, 3.05) is 0 Å². The van der Waals surface area contributed by atoms with Gasteiger partial charge >= 0.3 is 0 Å². The predicted molar refractivity (Wildman–Crippen MR) is 44.1 cm³/mol. The number of fused-ring (bicyclic) bond motifs is 1. The molecule has 0 atom stereocenters. The maximum absolute atomic E-state index is 13.1. The van der Waals surface area contributed by atoms with Gasteiger partial charge in [-0.2, -0.15) is 10.4 Å². The molecule has 1 heterocycles. The fourth-order valence-corrected chi connectivity index (χ4v) is 1.35.